The first-order chi connectivity index (χ1) is 11.2. The molecule has 2 fully saturated rings. The maximum absolute atomic E-state index is 12.4. The molecule has 1 aliphatic heterocycles. The standard InChI is InChI=1S/C17H21N3O2S/c1-11-7-8-23-15(11)17-18-16(19-22-17)12-9-14(21)20(10-12)13-5-3-2-4-6-13/h7-8,12-13H,2-6,9-10H2,1H3. The second-order valence-corrected chi connectivity index (χ2v) is 7.55. The molecule has 0 aromatic carbocycles. The summed E-state index contributed by atoms with van der Waals surface area (Å²) in [5.41, 5.74) is 1.15. The summed E-state index contributed by atoms with van der Waals surface area (Å²) in [6.07, 6.45) is 6.58. The number of rotatable bonds is 3. The van der Waals surface area contributed by atoms with Crippen molar-refractivity contribution in [2.24, 2.45) is 0 Å². The maximum Gasteiger partial charge on any atom is 0.268 e. The van der Waals surface area contributed by atoms with Gasteiger partial charge in [0.15, 0.2) is 5.82 Å². The lowest BCUT2D eigenvalue weighted by molar-refractivity contribution is -0.130. The minimum atomic E-state index is 0.0715. The zero-order chi connectivity index (χ0) is 15.8. The molecule has 3 heterocycles. The van der Waals surface area contributed by atoms with E-state index in [-0.39, 0.29) is 11.8 Å². The summed E-state index contributed by atoms with van der Waals surface area (Å²) in [7, 11) is 0. The lowest BCUT2D eigenvalue weighted by Crippen LogP contribution is -2.37. The normalized spacial score (nSPS) is 22.9. The molecule has 0 spiro atoms. The van der Waals surface area contributed by atoms with E-state index >= 15 is 0 Å². The van der Waals surface area contributed by atoms with Crippen LogP contribution in [0.2, 0.25) is 0 Å². The molecule has 2 aliphatic rings. The zero-order valence-electron chi connectivity index (χ0n) is 13.3. The first-order valence-electron chi connectivity index (χ1n) is 8.40. The van der Waals surface area contributed by atoms with Crippen LogP contribution in [0.3, 0.4) is 0 Å². The maximum atomic E-state index is 12.4. The Bertz CT molecular complexity index is 702. The van der Waals surface area contributed by atoms with Gasteiger partial charge in [-0.3, -0.25) is 4.79 Å². The summed E-state index contributed by atoms with van der Waals surface area (Å²) in [6, 6.07) is 2.47. The molecule has 1 aliphatic carbocycles. The van der Waals surface area contributed by atoms with E-state index in [9.17, 15) is 4.79 Å². The minimum absolute atomic E-state index is 0.0715. The molecule has 4 rings (SSSR count). The second-order valence-electron chi connectivity index (χ2n) is 6.63. The lowest BCUT2D eigenvalue weighted by Gasteiger charge is -2.31. The van der Waals surface area contributed by atoms with Gasteiger partial charge in [-0.2, -0.15) is 4.98 Å². The summed E-state index contributed by atoms with van der Waals surface area (Å²) < 4.78 is 5.44. The van der Waals surface area contributed by atoms with Crippen molar-refractivity contribution in [1.29, 1.82) is 0 Å². The van der Waals surface area contributed by atoms with Crippen LogP contribution in [0.4, 0.5) is 0 Å². The highest BCUT2D eigenvalue weighted by molar-refractivity contribution is 7.13. The Kier molecular flexibility index (Phi) is 3.93. The fourth-order valence-electron chi connectivity index (χ4n) is 3.73. The van der Waals surface area contributed by atoms with Crippen molar-refractivity contribution in [1.82, 2.24) is 15.0 Å². The van der Waals surface area contributed by atoms with Crippen molar-refractivity contribution in [3.8, 4) is 10.8 Å². The molecule has 0 N–H and O–H groups in total. The Morgan fingerprint density at radius 2 is 2.13 bits per heavy atom. The molecular formula is C17H21N3O2S. The number of hydrogen-bond donors (Lipinski definition) is 0. The van der Waals surface area contributed by atoms with Gasteiger partial charge >= 0.3 is 0 Å². The zero-order valence-corrected chi connectivity index (χ0v) is 14.1. The van der Waals surface area contributed by atoms with Gasteiger partial charge in [0.25, 0.3) is 5.89 Å². The molecule has 0 bridgehead atoms. The van der Waals surface area contributed by atoms with E-state index in [1.54, 1.807) is 11.3 Å². The van der Waals surface area contributed by atoms with Gasteiger partial charge in [-0.15, -0.1) is 11.3 Å². The SMILES string of the molecule is Cc1ccsc1-c1nc(C2CC(=O)N(C3CCCCC3)C2)no1. The van der Waals surface area contributed by atoms with Crippen LogP contribution in [0.5, 0.6) is 0 Å². The quantitative estimate of drug-likeness (QED) is 0.859. The molecule has 5 nitrogen and oxygen atoms in total. The fourth-order valence-corrected chi connectivity index (χ4v) is 4.58. The van der Waals surface area contributed by atoms with Crippen LogP contribution >= 0.6 is 11.3 Å². The third-order valence-corrected chi connectivity index (χ3v) is 6.04. The number of carbonyl (C=O) groups excluding carboxylic acids is 1. The molecule has 1 unspecified atom stereocenters. The van der Waals surface area contributed by atoms with Gasteiger partial charge in [0.05, 0.1) is 4.88 Å². The van der Waals surface area contributed by atoms with E-state index in [1.165, 1.54) is 19.3 Å². The van der Waals surface area contributed by atoms with Crippen molar-refractivity contribution in [2.75, 3.05) is 6.54 Å². The molecule has 2 aromatic rings. The average Bonchev–Trinajstić information content (AvgIpc) is 3.27. The number of aryl methyl sites for hydroxylation is 1. The summed E-state index contributed by atoms with van der Waals surface area (Å²) in [5.74, 6) is 1.58. The summed E-state index contributed by atoms with van der Waals surface area (Å²) in [5, 5.41) is 6.18. The van der Waals surface area contributed by atoms with Gasteiger partial charge in [0, 0.05) is 24.9 Å². The largest absolute Gasteiger partial charge is 0.339 e. The van der Waals surface area contributed by atoms with Crippen LogP contribution in [-0.4, -0.2) is 33.5 Å². The van der Waals surface area contributed by atoms with Gasteiger partial charge in [-0.25, -0.2) is 0 Å². The lowest BCUT2D eigenvalue weighted by atomic mass is 9.94. The van der Waals surface area contributed by atoms with E-state index in [2.05, 4.69) is 15.0 Å². The number of thiophene rings is 1. The summed E-state index contributed by atoms with van der Waals surface area (Å²) in [6.45, 7) is 2.78. The van der Waals surface area contributed by atoms with Gasteiger partial charge in [-0.1, -0.05) is 24.4 Å². The molecular weight excluding hydrogens is 310 g/mol. The predicted molar refractivity (Wildman–Crippen MR) is 88.3 cm³/mol. The van der Waals surface area contributed by atoms with Gasteiger partial charge in [0.2, 0.25) is 5.91 Å². The molecule has 6 heteroatoms. The average molecular weight is 331 g/mol. The molecule has 2 aromatic heterocycles. The third kappa shape index (κ3) is 2.80. The van der Waals surface area contributed by atoms with Crippen molar-refractivity contribution in [3.05, 3.63) is 22.8 Å². The first-order valence-corrected chi connectivity index (χ1v) is 9.28. The minimum Gasteiger partial charge on any atom is -0.339 e. The topological polar surface area (TPSA) is 59.2 Å². The van der Waals surface area contributed by atoms with Gasteiger partial charge in [0.1, 0.15) is 0 Å². The van der Waals surface area contributed by atoms with Gasteiger partial charge < -0.3 is 9.42 Å². The predicted octanol–water partition coefficient (Wildman–Crippen LogP) is 3.76. The number of hydrogen-bond acceptors (Lipinski definition) is 5. The summed E-state index contributed by atoms with van der Waals surface area (Å²) in [4.78, 5) is 20.0. The van der Waals surface area contributed by atoms with E-state index in [1.807, 2.05) is 18.4 Å². The van der Waals surface area contributed by atoms with E-state index in [0.29, 0.717) is 24.2 Å². The molecule has 1 amide bonds. The fraction of sp³-hybridized carbons (Fsp3) is 0.588. The Morgan fingerprint density at radius 3 is 2.87 bits per heavy atom. The highest BCUT2D eigenvalue weighted by atomic mass is 32.1. The number of carbonyl (C=O) groups is 1. The molecule has 122 valence electrons. The highest BCUT2D eigenvalue weighted by Crippen LogP contribution is 2.34. The third-order valence-electron chi connectivity index (χ3n) is 5.04. The molecule has 1 atom stereocenters. The van der Waals surface area contributed by atoms with Crippen molar-refractivity contribution in [3.63, 3.8) is 0 Å². The highest BCUT2D eigenvalue weighted by Gasteiger charge is 2.37. The number of nitrogens with zero attached hydrogens (tertiary/aromatic N) is 3. The molecule has 0 radical (unpaired) electrons. The van der Waals surface area contributed by atoms with E-state index in [4.69, 9.17) is 4.52 Å². The Balaban J connectivity index is 1.50. The van der Waals surface area contributed by atoms with E-state index in [0.717, 1.165) is 29.8 Å². The van der Waals surface area contributed by atoms with Crippen LogP contribution in [0.25, 0.3) is 10.8 Å². The Labute approximate surface area is 139 Å². The van der Waals surface area contributed by atoms with Crippen molar-refractivity contribution < 1.29 is 9.32 Å². The number of amides is 1. The van der Waals surface area contributed by atoms with E-state index < -0.39 is 0 Å². The molecule has 1 saturated carbocycles. The summed E-state index contributed by atoms with van der Waals surface area (Å²) >= 11 is 1.61. The number of aromatic nitrogens is 2. The Hall–Kier alpha value is -1.69. The monoisotopic (exact) mass is 331 g/mol. The number of likely N-dealkylation sites (tertiary alicyclic amines) is 1. The van der Waals surface area contributed by atoms with Crippen molar-refractivity contribution in [2.45, 2.75) is 57.4 Å². The van der Waals surface area contributed by atoms with Crippen LogP contribution in [0.15, 0.2) is 16.0 Å². The first kappa shape index (κ1) is 14.9. The van der Waals surface area contributed by atoms with Crippen LogP contribution < -0.4 is 0 Å². The van der Waals surface area contributed by atoms with Crippen LogP contribution in [0, 0.1) is 6.92 Å². The van der Waals surface area contributed by atoms with Crippen LogP contribution in [0.1, 0.15) is 55.8 Å². The molecule has 1 saturated heterocycles. The smallest absolute Gasteiger partial charge is 0.268 e. The second kappa shape index (κ2) is 6.07. The Morgan fingerprint density at radius 1 is 1.30 bits per heavy atom. The van der Waals surface area contributed by atoms with Crippen molar-refractivity contribution >= 4 is 17.2 Å². The van der Waals surface area contributed by atoms with Gasteiger partial charge in [-0.05, 0) is 36.8 Å². The molecule has 23 heavy (non-hydrogen) atoms. The van der Waals surface area contributed by atoms with Crippen LogP contribution in [-0.2, 0) is 4.79 Å².